The molecule has 0 aromatic heterocycles. The van der Waals surface area contributed by atoms with Gasteiger partial charge in [0.05, 0.1) is 0 Å². The van der Waals surface area contributed by atoms with Crippen LogP contribution in [0.3, 0.4) is 0 Å². The first-order valence-corrected chi connectivity index (χ1v) is 4.63. The van der Waals surface area contributed by atoms with Crippen molar-refractivity contribution in [2.24, 2.45) is 0 Å². The number of nitrogens with zero attached hydrogens (tertiary/aromatic N) is 1. The second-order valence-electron chi connectivity index (χ2n) is 3.45. The lowest BCUT2D eigenvalue weighted by Crippen LogP contribution is -2.18. The highest BCUT2D eigenvalue weighted by Crippen LogP contribution is 2.27. The standard InChI is InChI=1S/C12H11NO/c1-2-13-9-11(8-12(13)14)10-6-4-3-5-7-10/h1,3-7,11H,8-9H2. The van der Waals surface area contributed by atoms with E-state index in [-0.39, 0.29) is 11.8 Å². The topological polar surface area (TPSA) is 20.3 Å². The average Bonchev–Trinajstić information content (AvgIpc) is 2.61. The number of likely N-dealkylation sites (tertiary alicyclic amines) is 1. The van der Waals surface area contributed by atoms with Gasteiger partial charge in [-0.3, -0.25) is 9.69 Å². The van der Waals surface area contributed by atoms with Gasteiger partial charge < -0.3 is 0 Å². The van der Waals surface area contributed by atoms with E-state index in [9.17, 15) is 4.79 Å². The fraction of sp³-hybridized carbons (Fsp3) is 0.250. The van der Waals surface area contributed by atoms with Crippen LogP contribution in [0.2, 0.25) is 0 Å². The van der Waals surface area contributed by atoms with Gasteiger partial charge in [-0.2, -0.15) is 0 Å². The molecule has 1 saturated heterocycles. The van der Waals surface area contributed by atoms with E-state index in [0.717, 1.165) is 0 Å². The van der Waals surface area contributed by atoms with E-state index in [4.69, 9.17) is 6.42 Å². The number of hydrogen-bond acceptors (Lipinski definition) is 1. The summed E-state index contributed by atoms with van der Waals surface area (Å²) in [7, 11) is 0. The number of carbonyl (C=O) groups excluding carboxylic acids is 1. The SMILES string of the molecule is C#CN1CC(c2ccccc2)CC1=O. The van der Waals surface area contributed by atoms with Crippen molar-refractivity contribution in [1.82, 2.24) is 4.90 Å². The minimum absolute atomic E-state index is 0.0568. The molecule has 1 amide bonds. The fourth-order valence-corrected chi connectivity index (χ4v) is 1.78. The summed E-state index contributed by atoms with van der Waals surface area (Å²) in [6.07, 6.45) is 5.76. The molecule has 2 nitrogen and oxygen atoms in total. The van der Waals surface area contributed by atoms with Crippen molar-refractivity contribution in [3.8, 4) is 12.5 Å². The largest absolute Gasteiger partial charge is 0.274 e. The Morgan fingerprint density at radius 3 is 2.64 bits per heavy atom. The van der Waals surface area contributed by atoms with Crippen molar-refractivity contribution in [3.05, 3.63) is 35.9 Å². The molecule has 1 aliphatic heterocycles. The van der Waals surface area contributed by atoms with Crippen LogP contribution in [0, 0.1) is 12.5 Å². The highest BCUT2D eigenvalue weighted by Gasteiger charge is 2.29. The van der Waals surface area contributed by atoms with Crippen molar-refractivity contribution in [1.29, 1.82) is 0 Å². The Labute approximate surface area is 83.5 Å². The molecule has 14 heavy (non-hydrogen) atoms. The summed E-state index contributed by atoms with van der Waals surface area (Å²) in [4.78, 5) is 12.8. The lowest BCUT2D eigenvalue weighted by Gasteiger charge is -2.08. The Bertz CT molecular complexity index is 377. The normalized spacial score (nSPS) is 20.9. The Morgan fingerprint density at radius 1 is 1.36 bits per heavy atom. The molecule has 0 spiro atoms. The maximum absolute atomic E-state index is 11.4. The van der Waals surface area contributed by atoms with Gasteiger partial charge in [-0.1, -0.05) is 36.8 Å². The Hall–Kier alpha value is -1.75. The molecule has 1 fully saturated rings. The molecule has 1 atom stereocenters. The van der Waals surface area contributed by atoms with Crippen LogP contribution in [0.5, 0.6) is 0 Å². The van der Waals surface area contributed by atoms with Crippen molar-refractivity contribution >= 4 is 5.91 Å². The van der Waals surface area contributed by atoms with Crippen molar-refractivity contribution in [2.45, 2.75) is 12.3 Å². The first-order valence-electron chi connectivity index (χ1n) is 4.63. The maximum atomic E-state index is 11.4. The molecule has 0 radical (unpaired) electrons. The van der Waals surface area contributed by atoms with E-state index in [1.807, 2.05) is 30.3 Å². The van der Waals surface area contributed by atoms with Crippen LogP contribution < -0.4 is 0 Å². The predicted octanol–water partition coefficient (Wildman–Crippen LogP) is 1.59. The lowest BCUT2D eigenvalue weighted by molar-refractivity contribution is -0.125. The zero-order valence-corrected chi connectivity index (χ0v) is 7.81. The third kappa shape index (κ3) is 1.49. The van der Waals surface area contributed by atoms with E-state index >= 15 is 0 Å². The Balaban J connectivity index is 2.18. The zero-order chi connectivity index (χ0) is 9.97. The molecule has 2 rings (SSSR count). The third-order valence-electron chi connectivity index (χ3n) is 2.55. The molecule has 0 N–H and O–H groups in total. The molecular weight excluding hydrogens is 174 g/mol. The van der Waals surface area contributed by atoms with Gasteiger partial charge in [0.1, 0.15) is 0 Å². The Kier molecular flexibility index (Phi) is 2.24. The molecule has 1 heterocycles. The monoisotopic (exact) mass is 185 g/mol. The first kappa shape index (κ1) is 8.83. The quantitative estimate of drug-likeness (QED) is 0.608. The van der Waals surface area contributed by atoms with Gasteiger partial charge in [-0.05, 0) is 5.56 Å². The Morgan fingerprint density at radius 2 is 2.07 bits per heavy atom. The van der Waals surface area contributed by atoms with Crippen LogP contribution in [-0.2, 0) is 4.79 Å². The van der Waals surface area contributed by atoms with Crippen molar-refractivity contribution in [3.63, 3.8) is 0 Å². The van der Waals surface area contributed by atoms with E-state index < -0.39 is 0 Å². The number of carbonyl (C=O) groups is 1. The van der Waals surface area contributed by atoms with Gasteiger partial charge in [0.2, 0.25) is 5.91 Å². The minimum atomic E-state index is 0.0568. The predicted molar refractivity (Wildman–Crippen MR) is 54.3 cm³/mol. The van der Waals surface area contributed by atoms with Crippen molar-refractivity contribution < 1.29 is 4.79 Å². The molecule has 0 aliphatic carbocycles. The van der Waals surface area contributed by atoms with Gasteiger partial charge in [-0.25, -0.2) is 0 Å². The van der Waals surface area contributed by atoms with Crippen LogP contribution in [0.25, 0.3) is 0 Å². The highest BCUT2D eigenvalue weighted by atomic mass is 16.2. The summed E-state index contributed by atoms with van der Waals surface area (Å²) in [6.45, 7) is 0.652. The van der Waals surface area contributed by atoms with Gasteiger partial charge in [-0.15, -0.1) is 0 Å². The average molecular weight is 185 g/mol. The molecule has 1 aromatic rings. The summed E-state index contributed by atoms with van der Waals surface area (Å²) < 4.78 is 0. The summed E-state index contributed by atoms with van der Waals surface area (Å²) in [5, 5.41) is 0. The maximum Gasteiger partial charge on any atom is 0.234 e. The highest BCUT2D eigenvalue weighted by molar-refractivity contribution is 5.81. The van der Waals surface area contributed by atoms with Crippen LogP contribution >= 0.6 is 0 Å². The molecule has 1 aliphatic rings. The summed E-state index contributed by atoms with van der Waals surface area (Å²) in [5.41, 5.74) is 1.19. The van der Waals surface area contributed by atoms with E-state index in [0.29, 0.717) is 13.0 Å². The molecular formula is C12H11NO. The van der Waals surface area contributed by atoms with E-state index in [2.05, 4.69) is 6.04 Å². The number of amides is 1. The van der Waals surface area contributed by atoms with Crippen LogP contribution in [0.15, 0.2) is 30.3 Å². The van der Waals surface area contributed by atoms with Gasteiger partial charge in [0.25, 0.3) is 0 Å². The van der Waals surface area contributed by atoms with Crippen LogP contribution in [0.4, 0.5) is 0 Å². The van der Waals surface area contributed by atoms with Crippen LogP contribution in [-0.4, -0.2) is 17.4 Å². The zero-order valence-electron chi connectivity index (χ0n) is 7.81. The fourth-order valence-electron chi connectivity index (χ4n) is 1.78. The molecule has 0 saturated carbocycles. The summed E-state index contributed by atoms with van der Waals surface area (Å²) in [6, 6.07) is 12.4. The summed E-state index contributed by atoms with van der Waals surface area (Å²) in [5.74, 6) is 0.320. The number of rotatable bonds is 1. The van der Waals surface area contributed by atoms with E-state index in [1.165, 1.54) is 10.5 Å². The molecule has 1 aromatic carbocycles. The molecule has 2 heteroatoms. The van der Waals surface area contributed by atoms with E-state index in [1.54, 1.807) is 0 Å². The lowest BCUT2D eigenvalue weighted by atomic mass is 9.99. The molecule has 70 valence electrons. The van der Waals surface area contributed by atoms with Gasteiger partial charge >= 0.3 is 0 Å². The minimum Gasteiger partial charge on any atom is -0.274 e. The van der Waals surface area contributed by atoms with Gasteiger partial charge in [0, 0.05) is 24.9 Å². The smallest absolute Gasteiger partial charge is 0.234 e. The third-order valence-corrected chi connectivity index (χ3v) is 2.55. The molecule has 0 bridgehead atoms. The van der Waals surface area contributed by atoms with Crippen LogP contribution in [0.1, 0.15) is 17.9 Å². The summed E-state index contributed by atoms with van der Waals surface area (Å²) >= 11 is 0. The second-order valence-corrected chi connectivity index (χ2v) is 3.45. The number of terminal acetylenes is 1. The van der Waals surface area contributed by atoms with Crippen molar-refractivity contribution in [2.75, 3.05) is 6.54 Å². The number of hydrogen-bond donors (Lipinski definition) is 0. The second kappa shape index (κ2) is 3.55. The molecule has 1 unspecified atom stereocenters. The van der Waals surface area contributed by atoms with Gasteiger partial charge in [0.15, 0.2) is 0 Å². The number of benzene rings is 1. The first-order chi connectivity index (χ1) is 6.81.